The zero-order chi connectivity index (χ0) is 22.7. The van der Waals surface area contributed by atoms with Crippen molar-refractivity contribution in [3.05, 3.63) is 102 Å². The number of sulfone groups is 1. The number of aromatic amines is 1. The number of aromatic hydroxyl groups is 2. The van der Waals surface area contributed by atoms with E-state index in [2.05, 4.69) is 10.3 Å². The van der Waals surface area contributed by atoms with Crippen LogP contribution in [0.5, 0.6) is 11.6 Å². The molecule has 0 saturated carbocycles. The van der Waals surface area contributed by atoms with Gasteiger partial charge in [-0.25, -0.2) is 8.42 Å². The average molecular weight is 449 g/mol. The molecular weight excluding hydrogens is 428 g/mol. The number of H-pyrrole nitrogens is 1. The van der Waals surface area contributed by atoms with Crippen molar-refractivity contribution in [3.8, 4) is 11.6 Å². The highest BCUT2D eigenvalue weighted by Gasteiger charge is 2.24. The number of amides is 1. The van der Waals surface area contributed by atoms with Gasteiger partial charge in [-0.05, 0) is 42.0 Å². The van der Waals surface area contributed by atoms with Crippen LogP contribution in [0.1, 0.15) is 21.6 Å². The Morgan fingerprint density at radius 2 is 1.38 bits per heavy atom. The topological polar surface area (TPSA) is 119 Å². The third-order valence-electron chi connectivity index (χ3n) is 4.96. The summed E-state index contributed by atoms with van der Waals surface area (Å²) in [5.74, 6) is -1.52. The highest BCUT2D eigenvalue weighted by atomic mass is 32.2. The molecule has 3 aromatic carbocycles. The monoisotopic (exact) mass is 448 g/mol. The fourth-order valence-electron chi connectivity index (χ4n) is 3.32. The molecule has 0 fully saturated rings. The van der Waals surface area contributed by atoms with Gasteiger partial charge in [0.05, 0.1) is 15.5 Å². The molecule has 0 atom stereocenters. The molecular formula is C24H20N2O5S. The van der Waals surface area contributed by atoms with E-state index in [0.29, 0.717) is 17.8 Å². The minimum absolute atomic E-state index is 0.0826. The molecule has 0 aliphatic heterocycles. The standard InChI is InChI=1S/C24H20N2O5S/c27-22-20(15-16-7-3-1-4-8-16)26-24(29)21(22)23(28)25-17-11-13-19(14-12-17)32(30,31)18-9-5-2-6-10-18/h1-14,26-27,29H,15H2,(H,25,28). The Morgan fingerprint density at radius 3 is 2.00 bits per heavy atom. The van der Waals surface area contributed by atoms with Crippen molar-refractivity contribution in [3.63, 3.8) is 0 Å². The number of anilines is 1. The number of hydrogen-bond donors (Lipinski definition) is 4. The Hall–Kier alpha value is -4.04. The van der Waals surface area contributed by atoms with E-state index < -0.39 is 21.6 Å². The van der Waals surface area contributed by atoms with Crippen LogP contribution in [0.3, 0.4) is 0 Å². The van der Waals surface area contributed by atoms with Crippen LogP contribution in [0, 0.1) is 0 Å². The first-order valence-corrected chi connectivity index (χ1v) is 11.2. The molecule has 4 aromatic rings. The van der Waals surface area contributed by atoms with Gasteiger partial charge in [0.15, 0.2) is 5.75 Å². The Labute approximate surface area is 184 Å². The highest BCUT2D eigenvalue weighted by Crippen LogP contribution is 2.33. The largest absolute Gasteiger partial charge is 0.505 e. The molecule has 0 saturated heterocycles. The Kier molecular flexibility index (Phi) is 5.70. The van der Waals surface area contributed by atoms with Crippen LogP contribution < -0.4 is 5.32 Å². The number of benzene rings is 3. The van der Waals surface area contributed by atoms with Crippen molar-refractivity contribution >= 4 is 21.4 Å². The lowest BCUT2D eigenvalue weighted by molar-refractivity contribution is 0.102. The Morgan fingerprint density at radius 1 is 0.812 bits per heavy atom. The average Bonchev–Trinajstić information content (AvgIpc) is 3.08. The van der Waals surface area contributed by atoms with Crippen molar-refractivity contribution < 1.29 is 23.4 Å². The summed E-state index contributed by atoms with van der Waals surface area (Å²) in [5, 5.41) is 23.2. The summed E-state index contributed by atoms with van der Waals surface area (Å²) in [6.45, 7) is 0. The van der Waals surface area contributed by atoms with E-state index in [4.69, 9.17) is 0 Å². The molecule has 0 unspecified atom stereocenters. The molecule has 1 aromatic heterocycles. The third-order valence-corrected chi connectivity index (χ3v) is 6.74. The van der Waals surface area contributed by atoms with E-state index in [1.165, 1.54) is 36.4 Å². The summed E-state index contributed by atoms with van der Waals surface area (Å²) in [6.07, 6.45) is 0.305. The van der Waals surface area contributed by atoms with Crippen molar-refractivity contribution in [2.45, 2.75) is 16.2 Å². The molecule has 8 heteroatoms. The molecule has 4 N–H and O–H groups in total. The Balaban J connectivity index is 1.52. The van der Waals surface area contributed by atoms with E-state index in [0.717, 1.165) is 5.56 Å². The molecule has 32 heavy (non-hydrogen) atoms. The zero-order valence-corrected chi connectivity index (χ0v) is 17.6. The van der Waals surface area contributed by atoms with Crippen molar-refractivity contribution in [2.75, 3.05) is 5.32 Å². The van der Waals surface area contributed by atoms with Gasteiger partial charge in [0.25, 0.3) is 5.91 Å². The molecule has 0 spiro atoms. The van der Waals surface area contributed by atoms with Gasteiger partial charge in [-0.15, -0.1) is 0 Å². The first-order valence-electron chi connectivity index (χ1n) is 9.74. The predicted molar refractivity (Wildman–Crippen MR) is 120 cm³/mol. The first-order chi connectivity index (χ1) is 15.4. The van der Waals surface area contributed by atoms with Gasteiger partial charge in [0, 0.05) is 12.1 Å². The fourth-order valence-corrected chi connectivity index (χ4v) is 4.60. The molecule has 1 amide bonds. The van der Waals surface area contributed by atoms with E-state index in [-0.39, 0.29) is 21.1 Å². The smallest absolute Gasteiger partial charge is 0.264 e. The number of nitrogens with one attached hydrogen (secondary N) is 2. The SMILES string of the molecule is O=C(Nc1ccc(S(=O)(=O)c2ccccc2)cc1)c1c(O)[nH]c(Cc2ccccc2)c1O. The van der Waals surface area contributed by atoms with Gasteiger partial charge < -0.3 is 20.5 Å². The van der Waals surface area contributed by atoms with Crippen molar-refractivity contribution in [2.24, 2.45) is 0 Å². The first kappa shape index (κ1) is 21.2. The van der Waals surface area contributed by atoms with Crippen molar-refractivity contribution in [1.82, 2.24) is 4.98 Å². The number of hydrogen-bond acceptors (Lipinski definition) is 5. The van der Waals surface area contributed by atoms with Gasteiger partial charge >= 0.3 is 0 Å². The van der Waals surface area contributed by atoms with E-state index in [1.807, 2.05) is 30.3 Å². The molecule has 7 nitrogen and oxygen atoms in total. The highest BCUT2D eigenvalue weighted by molar-refractivity contribution is 7.91. The molecule has 1 heterocycles. The van der Waals surface area contributed by atoms with Crippen LogP contribution in [0.2, 0.25) is 0 Å². The van der Waals surface area contributed by atoms with E-state index >= 15 is 0 Å². The maximum Gasteiger partial charge on any atom is 0.264 e. The maximum atomic E-state index is 12.7. The normalized spacial score (nSPS) is 11.2. The second-order valence-electron chi connectivity index (χ2n) is 7.13. The quantitative estimate of drug-likeness (QED) is 0.354. The molecule has 162 valence electrons. The lowest BCUT2D eigenvalue weighted by Crippen LogP contribution is -2.12. The summed E-state index contributed by atoms with van der Waals surface area (Å²) < 4.78 is 25.3. The van der Waals surface area contributed by atoms with Crippen LogP contribution in [0.4, 0.5) is 5.69 Å². The van der Waals surface area contributed by atoms with Gasteiger partial charge in [0.2, 0.25) is 15.7 Å². The van der Waals surface area contributed by atoms with Crippen LogP contribution in [0.25, 0.3) is 0 Å². The number of carbonyl (C=O) groups excluding carboxylic acids is 1. The number of rotatable bonds is 6. The van der Waals surface area contributed by atoms with Crippen LogP contribution in [0.15, 0.2) is 94.7 Å². The van der Waals surface area contributed by atoms with E-state index in [9.17, 15) is 23.4 Å². The van der Waals surface area contributed by atoms with Crippen LogP contribution >= 0.6 is 0 Å². The lowest BCUT2D eigenvalue weighted by Gasteiger charge is -2.08. The predicted octanol–water partition coefficient (Wildman–Crippen LogP) is 4.10. The molecule has 0 radical (unpaired) electrons. The molecule has 0 aliphatic rings. The third kappa shape index (κ3) is 4.21. The van der Waals surface area contributed by atoms with E-state index in [1.54, 1.807) is 18.2 Å². The molecule has 0 bridgehead atoms. The summed E-state index contributed by atoms with van der Waals surface area (Å²) in [6, 6.07) is 23.0. The zero-order valence-electron chi connectivity index (χ0n) is 16.8. The lowest BCUT2D eigenvalue weighted by atomic mass is 10.1. The number of carbonyl (C=O) groups is 1. The summed E-state index contributed by atoms with van der Waals surface area (Å²) >= 11 is 0. The molecule has 0 aliphatic carbocycles. The minimum Gasteiger partial charge on any atom is -0.505 e. The summed E-state index contributed by atoms with van der Waals surface area (Å²) in [7, 11) is -3.67. The second kappa shape index (κ2) is 8.60. The summed E-state index contributed by atoms with van der Waals surface area (Å²) in [4.78, 5) is 15.5. The van der Waals surface area contributed by atoms with Crippen molar-refractivity contribution in [1.29, 1.82) is 0 Å². The van der Waals surface area contributed by atoms with Crippen LogP contribution in [-0.4, -0.2) is 29.5 Å². The molecule has 4 rings (SSSR count). The van der Waals surface area contributed by atoms with Gasteiger partial charge in [-0.2, -0.15) is 0 Å². The number of aromatic nitrogens is 1. The van der Waals surface area contributed by atoms with Gasteiger partial charge in [-0.3, -0.25) is 4.79 Å². The summed E-state index contributed by atoms with van der Waals surface area (Å²) in [5.41, 5.74) is 1.23. The second-order valence-corrected chi connectivity index (χ2v) is 9.08. The maximum absolute atomic E-state index is 12.7. The van der Waals surface area contributed by atoms with Crippen LogP contribution in [-0.2, 0) is 16.3 Å². The van der Waals surface area contributed by atoms with Gasteiger partial charge in [0.1, 0.15) is 5.56 Å². The van der Waals surface area contributed by atoms with Gasteiger partial charge in [-0.1, -0.05) is 48.5 Å². The Bertz CT molecular complexity index is 1350. The fraction of sp³-hybridized carbons (Fsp3) is 0.0417. The minimum atomic E-state index is -3.67.